The van der Waals surface area contributed by atoms with Crippen LogP contribution in [-0.2, 0) is 11.2 Å². The molecule has 5 heteroatoms. The molecule has 3 N–H and O–H groups in total. The number of ether oxygens (including phenoxy) is 1. The van der Waals surface area contributed by atoms with Crippen molar-refractivity contribution in [2.75, 3.05) is 19.8 Å². The molecule has 0 heterocycles. The first kappa shape index (κ1) is 16.8. The Balaban J connectivity index is 1.65. The maximum Gasteiger partial charge on any atom is 0.315 e. The largest absolute Gasteiger partial charge is 0.394 e. The summed E-state index contributed by atoms with van der Waals surface area (Å²) < 4.78 is 5.98. The Hall–Kier alpha value is -1.59. The molecule has 22 heavy (non-hydrogen) atoms. The minimum Gasteiger partial charge on any atom is -0.394 e. The van der Waals surface area contributed by atoms with Crippen LogP contribution in [0.4, 0.5) is 4.79 Å². The molecule has 1 aliphatic rings. The molecular weight excluding hydrogens is 280 g/mol. The molecule has 2 amide bonds. The van der Waals surface area contributed by atoms with Crippen molar-refractivity contribution in [3.63, 3.8) is 0 Å². The number of nitrogens with one attached hydrogen (secondary N) is 2. The maximum absolute atomic E-state index is 11.5. The Labute approximate surface area is 132 Å². The van der Waals surface area contributed by atoms with E-state index in [0.717, 1.165) is 19.3 Å². The molecule has 2 rings (SSSR count). The lowest BCUT2D eigenvalue weighted by atomic mass is 9.89. The SMILES string of the molecule is C[C@@H](CO)NC(=O)NCCCOC1CCCc2ccccc21. The van der Waals surface area contributed by atoms with Crippen LogP contribution in [0.5, 0.6) is 0 Å². The Morgan fingerprint density at radius 1 is 1.45 bits per heavy atom. The van der Waals surface area contributed by atoms with Gasteiger partial charge in [-0.3, -0.25) is 0 Å². The van der Waals surface area contributed by atoms with E-state index in [2.05, 4.69) is 34.9 Å². The number of aryl methyl sites for hydroxylation is 1. The van der Waals surface area contributed by atoms with Crippen LogP contribution in [0.2, 0.25) is 0 Å². The van der Waals surface area contributed by atoms with Crippen molar-refractivity contribution in [3.05, 3.63) is 35.4 Å². The van der Waals surface area contributed by atoms with Crippen molar-refractivity contribution < 1.29 is 14.6 Å². The van der Waals surface area contributed by atoms with Crippen molar-refractivity contribution in [2.45, 2.75) is 44.8 Å². The van der Waals surface area contributed by atoms with Crippen LogP contribution in [-0.4, -0.2) is 36.9 Å². The molecule has 0 radical (unpaired) electrons. The van der Waals surface area contributed by atoms with Gasteiger partial charge in [0.2, 0.25) is 0 Å². The van der Waals surface area contributed by atoms with Crippen molar-refractivity contribution in [3.8, 4) is 0 Å². The second-order valence-corrected chi connectivity index (χ2v) is 5.79. The van der Waals surface area contributed by atoms with Gasteiger partial charge in [-0.2, -0.15) is 0 Å². The molecule has 5 nitrogen and oxygen atoms in total. The smallest absolute Gasteiger partial charge is 0.315 e. The summed E-state index contributed by atoms with van der Waals surface area (Å²) in [5.74, 6) is 0. The first-order chi connectivity index (χ1) is 10.7. The monoisotopic (exact) mass is 306 g/mol. The highest BCUT2D eigenvalue weighted by atomic mass is 16.5. The first-order valence-corrected chi connectivity index (χ1v) is 8.05. The number of rotatable bonds is 7. The van der Waals surface area contributed by atoms with Gasteiger partial charge < -0.3 is 20.5 Å². The molecule has 1 aromatic carbocycles. The number of carbonyl (C=O) groups is 1. The van der Waals surface area contributed by atoms with Crippen molar-refractivity contribution in [1.29, 1.82) is 0 Å². The number of hydrogen-bond acceptors (Lipinski definition) is 3. The van der Waals surface area contributed by atoms with Crippen LogP contribution in [0, 0.1) is 0 Å². The van der Waals surface area contributed by atoms with Gasteiger partial charge in [-0.05, 0) is 43.7 Å². The topological polar surface area (TPSA) is 70.6 Å². The molecule has 0 aromatic heterocycles. The van der Waals surface area contributed by atoms with Gasteiger partial charge >= 0.3 is 6.03 Å². The first-order valence-electron chi connectivity index (χ1n) is 8.05. The third kappa shape index (κ3) is 5.00. The summed E-state index contributed by atoms with van der Waals surface area (Å²) in [6.45, 7) is 2.90. The van der Waals surface area contributed by atoms with Gasteiger partial charge in [0.15, 0.2) is 0 Å². The van der Waals surface area contributed by atoms with Crippen LogP contribution < -0.4 is 10.6 Å². The average Bonchev–Trinajstić information content (AvgIpc) is 2.54. The molecule has 0 saturated carbocycles. The highest BCUT2D eigenvalue weighted by Crippen LogP contribution is 2.32. The van der Waals surface area contributed by atoms with Gasteiger partial charge in [0.25, 0.3) is 0 Å². The third-order valence-electron chi connectivity index (χ3n) is 3.89. The second-order valence-electron chi connectivity index (χ2n) is 5.79. The average molecular weight is 306 g/mol. The summed E-state index contributed by atoms with van der Waals surface area (Å²) >= 11 is 0. The van der Waals surface area contributed by atoms with Gasteiger partial charge in [0.1, 0.15) is 0 Å². The van der Waals surface area contributed by atoms with E-state index in [0.29, 0.717) is 13.2 Å². The van der Waals surface area contributed by atoms with Crippen LogP contribution in [0.25, 0.3) is 0 Å². The van der Waals surface area contributed by atoms with Crippen LogP contribution in [0.15, 0.2) is 24.3 Å². The quantitative estimate of drug-likeness (QED) is 0.676. The van der Waals surface area contributed by atoms with E-state index < -0.39 is 0 Å². The molecule has 0 aliphatic heterocycles. The second kappa shape index (κ2) is 8.76. The Bertz CT molecular complexity index is 479. The van der Waals surface area contributed by atoms with Gasteiger partial charge in [-0.1, -0.05) is 24.3 Å². The number of fused-ring (bicyclic) bond motifs is 1. The molecule has 1 aliphatic carbocycles. The van der Waals surface area contributed by atoms with E-state index in [1.54, 1.807) is 6.92 Å². The highest BCUT2D eigenvalue weighted by Gasteiger charge is 2.19. The zero-order valence-corrected chi connectivity index (χ0v) is 13.2. The summed E-state index contributed by atoms with van der Waals surface area (Å²) in [6, 6.07) is 8.01. The molecule has 1 aromatic rings. The van der Waals surface area contributed by atoms with E-state index in [9.17, 15) is 4.79 Å². The number of amides is 2. The predicted octanol–water partition coefficient (Wildman–Crippen LogP) is 2.15. The minimum absolute atomic E-state index is 0.0579. The molecule has 122 valence electrons. The zero-order chi connectivity index (χ0) is 15.8. The van der Waals surface area contributed by atoms with E-state index in [-0.39, 0.29) is 24.8 Å². The van der Waals surface area contributed by atoms with Gasteiger partial charge in [-0.25, -0.2) is 4.79 Å². The van der Waals surface area contributed by atoms with Crippen molar-refractivity contribution >= 4 is 6.03 Å². The Morgan fingerprint density at radius 3 is 3.09 bits per heavy atom. The number of hydrogen-bond donors (Lipinski definition) is 3. The Kier molecular flexibility index (Phi) is 6.68. The van der Waals surface area contributed by atoms with Crippen LogP contribution in [0.1, 0.15) is 43.4 Å². The third-order valence-corrected chi connectivity index (χ3v) is 3.89. The molecule has 0 spiro atoms. The molecule has 1 unspecified atom stereocenters. The normalized spacial score (nSPS) is 18.4. The van der Waals surface area contributed by atoms with Crippen LogP contribution in [0.3, 0.4) is 0 Å². The fourth-order valence-electron chi connectivity index (χ4n) is 2.70. The number of aliphatic hydroxyl groups excluding tert-OH is 1. The summed E-state index contributed by atoms with van der Waals surface area (Å²) in [5, 5.41) is 14.3. The summed E-state index contributed by atoms with van der Waals surface area (Å²) in [7, 11) is 0. The number of urea groups is 1. The van der Waals surface area contributed by atoms with E-state index in [4.69, 9.17) is 9.84 Å². The summed E-state index contributed by atoms with van der Waals surface area (Å²) in [4.78, 5) is 11.5. The lowest BCUT2D eigenvalue weighted by molar-refractivity contribution is 0.0396. The van der Waals surface area contributed by atoms with Crippen molar-refractivity contribution in [1.82, 2.24) is 10.6 Å². The van der Waals surface area contributed by atoms with Gasteiger partial charge in [0.05, 0.1) is 18.8 Å². The minimum atomic E-state index is -0.246. The summed E-state index contributed by atoms with van der Waals surface area (Å²) in [6.07, 6.45) is 4.34. The highest BCUT2D eigenvalue weighted by molar-refractivity contribution is 5.74. The lowest BCUT2D eigenvalue weighted by Crippen LogP contribution is -2.42. The lowest BCUT2D eigenvalue weighted by Gasteiger charge is -2.25. The predicted molar refractivity (Wildman–Crippen MR) is 85.8 cm³/mol. The maximum atomic E-state index is 11.5. The number of benzene rings is 1. The van der Waals surface area contributed by atoms with E-state index in [1.165, 1.54) is 17.5 Å². The molecular formula is C17H26N2O3. The van der Waals surface area contributed by atoms with Crippen molar-refractivity contribution in [2.24, 2.45) is 0 Å². The van der Waals surface area contributed by atoms with E-state index >= 15 is 0 Å². The number of aliphatic hydroxyl groups is 1. The molecule has 2 atom stereocenters. The Morgan fingerprint density at radius 2 is 2.27 bits per heavy atom. The molecule has 0 fully saturated rings. The summed E-state index contributed by atoms with van der Waals surface area (Å²) in [5.41, 5.74) is 2.71. The van der Waals surface area contributed by atoms with Gasteiger partial charge in [0, 0.05) is 13.2 Å². The number of carbonyl (C=O) groups excluding carboxylic acids is 1. The van der Waals surface area contributed by atoms with E-state index in [1.807, 2.05) is 0 Å². The fraction of sp³-hybridized carbons (Fsp3) is 0.588. The van der Waals surface area contributed by atoms with Crippen LogP contribution >= 0.6 is 0 Å². The molecule has 0 saturated heterocycles. The fourth-order valence-corrected chi connectivity index (χ4v) is 2.70. The van der Waals surface area contributed by atoms with Gasteiger partial charge in [-0.15, -0.1) is 0 Å². The zero-order valence-electron chi connectivity index (χ0n) is 13.2. The standard InChI is InChI=1S/C17H26N2O3/c1-13(12-20)19-17(21)18-10-5-11-22-16-9-4-7-14-6-2-3-8-15(14)16/h2-3,6,8,13,16,20H,4-5,7,9-12H2,1H3,(H2,18,19,21)/t13-,16?/m0/s1. The molecule has 0 bridgehead atoms.